The predicted octanol–water partition coefficient (Wildman–Crippen LogP) is 1.54. The van der Waals surface area contributed by atoms with Crippen LogP contribution in [0.5, 0.6) is 0 Å². The molecule has 0 aromatic carbocycles. The zero-order valence-corrected chi connectivity index (χ0v) is 4.66. The Hall–Kier alpha value is -0.960. The highest BCUT2D eigenvalue weighted by Gasteiger charge is 1.71. The maximum Gasteiger partial charge on any atom is 0.129 e. The molecule has 0 rings (SSSR count). The van der Waals surface area contributed by atoms with Gasteiger partial charge in [-0.05, 0) is 13.0 Å². The topological polar surface area (TPSA) is 27.7 Å². The Balaban J connectivity index is 2.82. The van der Waals surface area contributed by atoms with Crippen molar-refractivity contribution in [1.29, 1.82) is 0 Å². The zero-order chi connectivity index (χ0) is 6.24. The predicted molar refractivity (Wildman–Crippen MR) is 28.3 cm³/mol. The Kier molecular flexibility index (Phi) is 5.32. The molecule has 0 saturated heterocycles. The van der Waals surface area contributed by atoms with Crippen LogP contribution in [-0.2, 0) is 14.8 Å². The van der Waals surface area contributed by atoms with Crippen molar-refractivity contribution in [2.45, 2.75) is 6.92 Å². The van der Waals surface area contributed by atoms with Gasteiger partial charge in [-0.25, -0.2) is 0 Å². The molecule has 0 unspecified atom stereocenters. The highest BCUT2D eigenvalue weighted by Crippen LogP contribution is 1.81. The fraction of sp³-hybridized carbons (Fsp3) is 0.200. The number of allylic oxidation sites excluding steroid dienone is 1. The molecular formula is C5H8O3. The van der Waals surface area contributed by atoms with E-state index in [0.717, 1.165) is 6.26 Å². The molecule has 46 valence electrons. The standard InChI is InChI=1S/C5H8O3/c1-3-5-7-8-6-4-2/h3-5H,2H2,1H3. The number of hydrogen-bond acceptors (Lipinski definition) is 3. The van der Waals surface area contributed by atoms with Crippen LogP contribution in [0.3, 0.4) is 0 Å². The summed E-state index contributed by atoms with van der Waals surface area (Å²) in [6, 6.07) is 0. The Morgan fingerprint density at radius 2 is 2.12 bits per heavy atom. The maximum absolute atomic E-state index is 4.25. The van der Waals surface area contributed by atoms with Crippen LogP contribution in [0.2, 0.25) is 0 Å². The molecule has 3 heteroatoms. The summed E-state index contributed by atoms with van der Waals surface area (Å²) in [7, 11) is 0. The van der Waals surface area contributed by atoms with Gasteiger partial charge in [0.2, 0.25) is 0 Å². The molecular weight excluding hydrogens is 108 g/mol. The van der Waals surface area contributed by atoms with E-state index in [-0.39, 0.29) is 0 Å². The Labute approximate surface area is 48.0 Å². The first-order chi connectivity index (χ1) is 3.91. The van der Waals surface area contributed by atoms with Crippen molar-refractivity contribution >= 4 is 0 Å². The smallest absolute Gasteiger partial charge is 0.129 e. The first-order valence-electron chi connectivity index (χ1n) is 2.12. The van der Waals surface area contributed by atoms with Crippen molar-refractivity contribution in [2.24, 2.45) is 0 Å². The quantitative estimate of drug-likeness (QED) is 0.241. The van der Waals surface area contributed by atoms with Gasteiger partial charge in [-0.15, -0.1) is 0 Å². The van der Waals surface area contributed by atoms with Crippen LogP contribution in [-0.4, -0.2) is 0 Å². The van der Waals surface area contributed by atoms with Gasteiger partial charge in [0.25, 0.3) is 0 Å². The van der Waals surface area contributed by atoms with Crippen molar-refractivity contribution in [3.8, 4) is 0 Å². The highest BCUT2D eigenvalue weighted by molar-refractivity contribution is 4.62. The van der Waals surface area contributed by atoms with Gasteiger partial charge in [-0.3, -0.25) is 0 Å². The summed E-state index contributed by atoms with van der Waals surface area (Å²) in [5.74, 6) is 0. The van der Waals surface area contributed by atoms with Crippen molar-refractivity contribution in [1.82, 2.24) is 0 Å². The van der Waals surface area contributed by atoms with Crippen molar-refractivity contribution in [3.63, 3.8) is 0 Å². The van der Waals surface area contributed by atoms with Gasteiger partial charge < -0.3 is 9.78 Å². The molecule has 0 saturated carbocycles. The van der Waals surface area contributed by atoms with Crippen LogP contribution in [0.1, 0.15) is 6.92 Å². The fourth-order valence-corrected chi connectivity index (χ4v) is 0.129. The minimum Gasteiger partial charge on any atom is -0.308 e. The average molecular weight is 116 g/mol. The van der Waals surface area contributed by atoms with Gasteiger partial charge in [0.1, 0.15) is 12.5 Å². The molecule has 8 heavy (non-hydrogen) atoms. The number of rotatable bonds is 4. The Morgan fingerprint density at radius 1 is 1.38 bits per heavy atom. The third-order valence-electron chi connectivity index (χ3n) is 0.338. The molecule has 0 spiro atoms. The molecule has 0 aliphatic heterocycles. The average Bonchev–Trinajstić information content (AvgIpc) is 1.81. The van der Waals surface area contributed by atoms with Gasteiger partial charge in [0, 0.05) is 5.04 Å². The van der Waals surface area contributed by atoms with Gasteiger partial charge in [0.05, 0.1) is 0 Å². The van der Waals surface area contributed by atoms with Crippen molar-refractivity contribution < 1.29 is 14.8 Å². The molecule has 0 atom stereocenters. The maximum atomic E-state index is 4.25. The molecule has 0 fully saturated rings. The largest absolute Gasteiger partial charge is 0.308 e. The van der Waals surface area contributed by atoms with E-state index in [4.69, 9.17) is 0 Å². The second-order valence-corrected chi connectivity index (χ2v) is 0.897. The summed E-state index contributed by atoms with van der Waals surface area (Å²) in [5.41, 5.74) is 0. The van der Waals surface area contributed by atoms with Crippen LogP contribution in [0.15, 0.2) is 25.2 Å². The minimum atomic E-state index is 1.11. The molecule has 0 amide bonds. The summed E-state index contributed by atoms with van der Waals surface area (Å²) in [4.78, 5) is 8.38. The molecule has 0 aliphatic carbocycles. The summed E-state index contributed by atoms with van der Waals surface area (Å²) < 4.78 is 0. The van der Waals surface area contributed by atoms with Crippen LogP contribution >= 0.6 is 0 Å². The summed E-state index contributed by atoms with van der Waals surface area (Å²) in [6.07, 6.45) is 4.11. The molecule has 0 bridgehead atoms. The molecule has 0 aromatic heterocycles. The van der Waals surface area contributed by atoms with E-state index in [9.17, 15) is 0 Å². The molecule has 0 radical (unpaired) electrons. The third-order valence-corrected chi connectivity index (χ3v) is 0.338. The first kappa shape index (κ1) is 7.04. The van der Waals surface area contributed by atoms with E-state index in [0.29, 0.717) is 0 Å². The van der Waals surface area contributed by atoms with Crippen molar-refractivity contribution in [3.05, 3.63) is 25.2 Å². The Morgan fingerprint density at radius 3 is 2.62 bits per heavy atom. The fourth-order valence-electron chi connectivity index (χ4n) is 0.129. The Bertz CT molecular complexity index is 77.7. The summed E-state index contributed by atoms with van der Waals surface area (Å²) >= 11 is 0. The van der Waals surface area contributed by atoms with E-state index in [1.165, 1.54) is 6.26 Å². The van der Waals surface area contributed by atoms with Gasteiger partial charge in [0.15, 0.2) is 0 Å². The van der Waals surface area contributed by atoms with Crippen LogP contribution in [0.25, 0.3) is 0 Å². The number of hydrogen-bond donors (Lipinski definition) is 0. The SMILES string of the molecule is C=COOOC=CC. The summed E-state index contributed by atoms with van der Waals surface area (Å²) in [6.45, 7) is 5.00. The van der Waals surface area contributed by atoms with E-state index < -0.39 is 0 Å². The van der Waals surface area contributed by atoms with Crippen LogP contribution < -0.4 is 0 Å². The van der Waals surface area contributed by atoms with Crippen LogP contribution in [0, 0.1) is 0 Å². The lowest BCUT2D eigenvalue weighted by molar-refractivity contribution is -0.464. The molecule has 0 aliphatic rings. The third kappa shape index (κ3) is 5.04. The zero-order valence-electron chi connectivity index (χ0n) is 4.66. The minimum absolute atomic E-state index is 1.11. The van der Waals surface area contributed by atoms with Crippen LogP contribution in [0.4, 0.5) is 0 Å². The molecule has 0 aromatic rings. The second kappa shape index (κ2) is 6.04. The molecule has 0 heterocycles. The van der Waals surface area contributed by atoms with E-state index in [1.807, 2.05) is 0 Å². The summed E-state index contributed by atoms with van der Waals surface area (Å²) in [5, 5.41) is 4.02. The van der Waals surface area contributed by atoms with Gasteiger partial charge in [-0.2, -0.15) is 0 Å². The molecule has 3 nitrogen and oxygen atoms in total. The molecule has 0 N–H and O–H groups in total. The lowest BCUT2D eigenvalue weighted by Gasteiger charge is -1.91. The second-order valence-electron chi connectivity index (χ2n) is 0.897. The highest BCUT2D eigenvalue weighted by atomic mass is 17.5. The lowest BCUT2D eigenvalue weighted by atomic mass is 10.7. The lowest BCUT2D eigenvalue weighted by Crippen LogP contribution is -1.81. The monoisotopic (exact) mass is 116 g/mol. The first-order valence-corrected chi connectivity index (χ1v) is 2.12. The normalized spacial score (nSPS) is 9.12. The van der Waals surface area contributed by atoms with Gasteiger partial charge in [-0.1, -0.05) is 6.58 Å². The van der Waals surface area contributed by atoms with E-state index in [2.05, 4.69) is 21.4 Å². The van der Waals surface area contributed by atoms with Crippen molar-refractivity contribution in [2.75, 3.05) is 0 Å². The van der Waals surface area contributed by atoms with E-state index in [1.54, 1.807) is 13.0 Å². The van der Waals surface area contributed by atoms with Gasteiger partial charge >= 0.3 is 0 Å². The van der Waals surface area contributed by atoms with E-state index >= 15 is 0 Å².